The molecule has 178 valence electrons. The number of amides is 2. The lowest BCUT2D eigenvalue weighted by atomic mass is 9.79. The predicted molar refractivity (Wildman–Crippen MR) is 134 cm³/mol. The minimum absolute atomic E-state index is 0.0123. The van der Waals surface area contributed by atoms with Crippen LogP contribution >= 0.6 is 15.9 Å². The van der Waals surface area contributed by atoms with Gasteiger partial charge in [0, 0.05) is 22.4 Å². The summed E-state index contributed by atoms with van der Waals surface area (Å²) in [5, 5.41) is 14.9. The Hall–Kier alpha value is -3.65. The van der Waals surface area contributed by atoms with Gasteiger partial charge in [-0.1, -0.05) is 64.5 Å². The van der Waals surface area contributed by atoms with Gasteiger partial charge in [-0.25, -0.2) is 9.59 Å². The van der Waals surface area contributed by atoms with Crippen LogP contribution in [0.5, 0.6) is 0 Å². The van der Waals surface area contributed by atoms with E-state index in [4.69, 9.17) is 4.74 Å². The molecule has 3 N–H and O–H groups in total. The van der Waals surface area contributed by atoms with Gasteiger partial charge >= 0.3 is 12.1 Å². The summed E-state index contributed by atoms with van der Waals surface area (Å²) in [5.41, 5.74) is 4.90. The molecule has 3 aromatic carbocycles. The largest absolute Gasteiger partial charge is 0.478 e. The maximum absolute atomic E-state index is 12.6. The van der Waals surface area contributed by atoms with Gasteiger partial charge in [0.1, 0.15) is 6.61 Å². The van der Waals surface area contributed by atoms with Crippen molar-refractivity contribution < 1.29 is 24.2 Å². The van der Waals surface area contributed by atoms with E-state index in [-0.39, 0.29) is 41.6 Å². The number of nitrogens with one attached hydrogen (secondary N) is 2. The smallest absolute Gasteiger partial charge is 0.407 e. The number of halogens is 1. The maximum Gasteiger partial charge on any atom is 0.407 e. The number of carboxylic acid groups (broad SMARTS) is 1. The first-order chi connectivity index (χ1) is 16.9. The molecule has 2 aliphatic rings. The Morgan fingerprint density at radius 2 is 1.57 bits per heavy atom. The summed E-state index contributed by atoms with van der Waals surface area (Å²) in [6.45, 7) is 0.233. The average Bonchev–Trinajstić information content (AvgIpc) is 3.13. The summed E-state index contributed by atoms with van der Waals surface area (Å²) in [6, 6.07) is 20.7. The molecule has 8 heteroatoms. The Kier molecular flexibility index (Phi) is 6.30. The van der Waals surface area contributed by atoms with E-state index < -0.39 is 12.1 Å². The maximum atomic E-state index is 12.6. The molecule has 0 bridgehead atoms. The number of hydrogen-bond acceptors (Lipinski definition) is 4. The van der Waals surface area contributed by atoms with Crippen LogP contribution in [0.1, 0.15) is 40.2 Å². The van der Waals surface area contributed by atoms with Crippen molar-refractivity contribution in [3.8, 4) is 11.1 Å². The number of carboxylic acids is 1. The second kappa shape index (κ2) is 9.54. The fraction of sp³-hybridized carbons (Fsp3) is 0.222. The second-order valence-electron chi connectivity index (χ2n) is 8.82. The number of anilines is 1. The van der Waals surface area contributed by atoms with Crippen molar-refractivity contribution in [2.45, 2.75) is 24.8 Å². The molecule has 3 aromatic rings. The van der Waals surface area contributed by atoms with Gasteiger partial charge in [-0.15, -0.1) is 0 Å². The summed E-state index contributed by atoms with van der Waals surface area (Å²) in [6.07, 6.45) is 0.426. The number of carbonyl (C=O) groups excluding carboxylic acids is 2. The normalized spacial score (nSPS) is 18.1. The molecule has 0 aliphatic heterocycles. The summed E-state index contributed by atoms with van der Waals surface area (Å²) >= 11 is 3.29. The van der Waals surface area contributed by atoms with Crippen molar-refractivity contribution in [2.75, 3.05) is 11.9 Å². The fourth-order valence-corrected chi connectivity index (χ4v) is 5.16. The Labute approximate surface area is 210 Å². The molecule has 0 unspecified atom stereocenters. The number of carbonyl (C=O) groups is 3. The number of benzene rings is 3. The van der Waals surface area contributed by atoms with E-state index in [0.29, 0.717) is 17.3 Å². The molecule has 0 atom stereocenters. The zero-order chi connectivity index (χ0) is 24.5. The first-order valence-electron chi connectivity index (χ1n) is 11.4. The molecule has 7 nitrogen and oxygen atoms in total. The van der Waals surface area contributed by atoms with E-state index >= 15 is 0 Å². The van der Waals surface area contributed by atoms with E-state index in [1.165, 1.54) is 17.2 Å². The number of fused-ring (bicyclic) bond motifs is 3. The van der Waals surface area contributed by atoms with Crippen LogP contribution in [0, 0.1) is 5.92 Å². The molecule has 0 aromatic heterocycles. The Balaban J connectivity index is 1.13. The van der Waals surface area contributed by atoms with Crippen molar-refractivity contribution in [1.29, 1.82) is 0 Å². The molecule has 0 heterocycles. The Bertz CT molecular complexity index is 1270. The molecule has 35 heavy (non-hydrogen) atoms. The monoisotopic (exact) mass is 534 g/mol. The molecule has 0 saturated heterocycles. The standard InChI is InChI=1S/C27H23BrN2O5/c28-16-9-10-22(26(32)33)24(13-16)30-25(31)15-11-17(12-15)29-27(34)35-14-23-20-7-3-1-5-18(20)19-6-2-4-8-21(19)23/h1-10,13,15,17,23H,11-12,14H2,(H,29,34)(H,30,31)(H,32,33). The van der Waals surface area contributed by atoms with Crippen LogP contribution in [0.15, 0.2) is 71.2 Å². The lowest BCUT2D eigenvalue weighted by Crippen LogP contribution is -2.48. The number of hydrogen-bond donors (Lipinski definition) is 3. The van der Waals surface area contributed by atoms with Gasteiger partial charge in [0.2, 0.25) is 5.91 Å². The topological polar surface area (TPSA) is 105 Å². The van der Waals surface area contributed by atoms with E-state index in [1.807, 2.05) is 24.3 Å². The van der Waals surface area contributed by atoms with E-state index in [0.717, 1.165) is 11.1 Å². The van der Waals surface area contributed by atoms with Gasteiger partial charge in [0.25, 0.3) is 0 Å². The van der Waals surface area contributed by atoms with Crippen LogP contribution in [0.4, 0.5) is 10.5 Å². The van der Waals surface area contributed by atoms with Crippen LogP contribution in [0.2, 0.25) is 0 Å². The molecule has 2 aliphatic carbocycles. The van der Waals surface area contributed by atoms with Crippen molar-refractivity contribution >= 4 is 39.6 Å². The van der Waals surface area contributed by atoms with Crippen LogP contribution in [-0.2, 0) is 9.53 Å². The zero-order valence-electron chi connectivity index (χ0n) is 18.7. The van der Waals surface area contributed by atoms with E-state index in [1.54, 1.807) is 12.1 Å². The molecule has 2 amide bonds. The first-order valence-corrected chi connectivity index (χ1v) is 12.1. The fourth-order valence-electron chi connectivity index (χ4n) is 4.80. The first kappa shape index (κ1) is 23.1. The molecule has 0 spiro atoms. The van der Waals surface area contributed by atoms with Gasteiger partial charge in [-0.2, -0.15) is 0 Å². The van der Waals surface area contributed by atoms with Gasteiger partial charge in [-0.05, 0) is 53.3 Å². The van der Waals surface area contributed by atoms with Gasteiger partial charge in [-0.3, -0.25) is 4.79 Å². The Morgan fingerprint density at radius 1 is 0.943 bits per heavy atom. The third-order valence-electron chi connectivity index (χ3n) is 6.64. The average molecular weight is 535 g/mol. The lowest BCUT2D eigenvalue weighted by Gasteiger charge is -2.34. The van der Waals surface area contributed by atoms with Crippen LogP contribution in [-0.4, -0.2) is 35.7 Å². The molecular weight excluding hydrogens is 512 g/mol. The zero-order valence-corrected chi connectivity index (χ0v) is 20.2. The summed E-state index contributed by atoms with van der Waals surface area (Å²) < 4.78 is 6.24. The van der Waals surface area contributed by atoms with Crippen LogP contribution in [0.3, 0.4) is 0 Å². The lowest BCUT2D eigenvalue weighted by molar-refractivity contribution is -0.122. The molecule has 5 rings (SSSR count). The highest BCUT2D eigenvalue weighted by atomic mass is 79.9. The quantitative estimate of drug-likeness (QED) is 0.392. The minimum atomic E-state index is -1.11. The number of rotatable bonds is 6. The third kappa shape index (κ3) is 4.66. The van der Waals surface area contributed by atoms with E-state index in [2.05, 4.69) is 50.8 Å². The highest BCUT2D eigenvalue weighted by Gasteiger charge is 2.36. The molecule has 1 saturated carbocycles. The molecular formula is C27H23BrN2O5. The number of aromatic carboxylic acids is 1. The predicted octanol–water partition coefficient (Wildman–Crippen LogP) is 5.40. The van der Waals surface area contributed by atoms with Crippen molar-refractivity contribution in [3.63, 3.8) is 0 Å². The van der Waals surface area contributed by atoms with Crippen molar-refractivity contribution in [2.24, 2.45) is 5.92 Å². The summed E-state index contributed by atoms with van der Waals surface area (Å²) in [7, 11) is 0. The van der Waals surface area contributed by atoms with Crippen LogP contribution in [0.25, 0.3) is 11.1 Å². The van der Waals surface area contributed by atoms with Gasteiger partial charge in [0.15, 0.2) is 0 Å². The van der Waals surface area contributed by atoms with Crippen molar-refractivity contribution in [3.05, 3.63) is 87.9 Å². The molecule has 0 radical (unpaired) electrons. The third-order valence-corrected chi connectivity index (χ3v) is 7.14. The molecule has 1 fully saturated rings. The summed E-state index contributed by atoms with van der Waals surface area (Å²) in [5.74, 6) is -1.70. The van der Waals surface area contributed by atoms with Gasteiger partial charge in [0.05, 0.1) is 11.3 Å². The Morgan fingerprint density at radius 3 is 2.20 bits per heavy atom. The highest BCUT2D eigenvalue weighted by Crippen LogP contribution is 2.44. The minimum Gasteiger partial charge on any atom is -0.478 e. The van der Waals surface area contributed by atoms with Gasteiger partial charge < -0.3 is 20.5 Å². The second-order valence-corrected chi connectivity index (χ2v) is 9.74. The highest BCUT2D eigenvalue weighted by molar-refractivity contribution is 9.10. The summed E-state index contributed by atoms with van der Waals surface area (Å²) in [4.78, 5) is 36.4. The van der Waals surface area contributed by atoms with Crippen LogP contribution < -0.4 is 10.6 Å². The SMILES string of the molecule is O=C(NC1CC(C(=O)Nc2cc(Br)ccc2C(=O)O)C1)OCC1c2ccccc2-c2ccccc21. The van der Waals surface area contributed by atoms with E-state index in [9.17, 15) is 19.5 Å². The number of alkyl carbamates (subject to hydrolysis) is 1. The number of ether oxygens (including phenoxy) is 1. The van der Waals surface area contributed by atoms with Crippen molar-refractivity contribution in [1.82, 2.24) is 5.32 Å².